The molecule has 0 atom stereocenters. The third-order valence-electron chi connectivity index (χ3n) is 2.19. The molecule has 76 valence electrons. The number of hydrogen-bond donors (Lipinski definition) is 1. The Bertz CT molecular complexity index is 523. The van der Waals surface area contributed by atoms with Crippen LogP contribution in [0.2, 0.25) is 0 Å². The maximum atomic E-state index is 11.5. The van der Waals surface area contributed by atoms with Crippen LogP contribution >= 0.6 is 0 Å². The minimum absolute atomic E-state index is 0.334. The zero-order valence-electron chi connectivity index (χ0n) is 8.23. The van der Waals surface area contributed by atoms with Crippen molar-refractivity contribution in [3.05, 3.63) is 36.0 Å². The summed E-state index contributed by atoms with van der Waals surface area (Å²) in [7, 11) is 1.33. The molecular weight excluding hydrogens is 192 g/mol. The molecule has 0 saturated heterocycles. The largest absolute Gasteiger partial charge is 0.465 e. The number of aromatic nitrogens is 1. The number of fused-ring (bicyclic) bond motifs is 1. The zero-order valence-corrected chi connectivity index (χ0v) is 8.23. The maximum Gasteiger partial charge on any atom is 0.340 e. The molecule has 0 saturated carbocycles. The van der Waals surface area contributed by atoms with Crippen molar-refractivity contribution in [2.75, 3.05) is 12.8 Å². The second-order valence-electron chi connectivity index (χ2n) is 3.10. The minimum atomic E-state index is -0.439. The summed E-state index contributed by atoms with van der Waals surface area (Å²) in [4.78, 5) is 15.6. The Kier molecular flexibility index (Phi) is 2.25. The summed E-state index contributed by atoms with van der Waals surface area (Å²) in [5, 5.41) is 0.712. The molecule has 0 fully saturated rings. The van der Waals surface area contributed by atoms with Gasteiger partial charge in [-0.3, -0.25) is 4.98 Å². The molecular formula is C11H10N2O2. The first-order valence-electron chi connectivity index (χ1n) is 4.45. The highest BCUT2D eigenvalue weighted by Crippen LogP contribution is 2.22. The van der Waals surface area contributed by atoms with E-state index in [0.29, 0.717) is 16.6 Å². The van der Waals surface area contributed by atoms with Crippen molar-refractivity contribution in [1.82, 2.24) is 4.98 Å². The lowest BCUT2D eigenvalue weighted by molar-refractivity contribution is 0.0604. The molecule has 2 N–H and O–H groups in total. The molecule has 1 aromatic heterocycles. The highest BCUT2D eigenvalue weighted by Gasteiger charge is 2.14. The van der Waals surface area contributed by atoms with Gasteiger partial charge < -0.3 is 10.5 Å². The average molecular weight is 202 g/mol. The van der Waals surface area contributed by atoms with Gasteiger partial charge in [-0.2, -0.15) is 0 Å². The molecule has 15 heavy (non-hydrogen) atoms. The number of carbonyl (C=O) groups is 1. The van der Waals surface area contributed by atoms with E-state index in [1.54, 1.807) is 6.07 Å². The van der Waals surface area contributed by atoms with Gasteiger partial charge in [-0.1, -0.05) is 18.2 Å². The number of nitrogens with zero attached hydrogens (tertiary/aromatic N) is 1. The Morgan fingerprint density at radius 2 is 2.13 bits per heavy atom. The number of nitrogen functional groups attached to an aromatic ring is 1. The SMILES string of the molecule is COC(=O)c1c(N)cnc2ccccc12. The molecule has 0 radical (unpaired) electrons. The number of esters is 1. The number of hydrogen-bond acceptors (Lipinski definition) is 4. The Balaban J connectivity index is 2.79. The van der Waals surface area contributed by atoms with Gasteiger partial charge >= 0.3 is 5.97 Å². The van der Waals surface area contributed by atoms with Crippen LogP contribution in [0.1, 0.15) is 10.4 Å². The van der Waals surface area contributed by atoms with E-state index in [0.717, 1.165) is 5.52 Å². The molecule has 2 rings (SSSR count). The van der Waals surface area contributed by atoms with E-state index in [2.05, 4.69) is 9.72 Å². The lowest BCUT2D eigenvalue weighted by Crippen LogP contribution is -2.07. The Morgan fingerprint density at radius 3 is 2.87 bits per heavy atom. The summed E-state index contributed by atoms with van der Waals surface area (Å²) >= 11 is 0. The first-order chi connectivity index (χ1) is 7.24. The number of pyridine rings is 1. The fraction of sp³-hybridized carbons (Fsp3) is 0.0909. The number of nitrogens with two attached hydrogens (primary N) is 1. The van der Waals surface area contributed by atoms with Crippen molar-refractivity contribution in [2.45, 2.75) is 0 Å². The van der Waals surface area contributed by atoms with Crippen molar-refractivity contribution >= 4 is 22.6 Å². The maximum absolute atomic E-state index is 11.5. The predicted molar refractivity (Wildman–Crippen MR) is 57.5 cm³/mol. The molecule has 0 aliphatic carbocycles. The lowest BCUT2D eigenvalue weighted by Gasteiger charge is -2.06. The lowest BCUT2D eigenvalue weighted by atomic mass is 10.1. The van der Waals surface area contributed by atoms with Crippen LogP contribution in [0.25, 0.3) is 10.9 Å². The summed E-state index contributed by atoms with van der Waals surface area (Å²) in [6.45, 7) is 0. The van der Waals surface area contributed by atoms with E-state index in [4.69, 9.17) is 5.73 Å². The molecule has 1 aromatic carbocycles. The normalized spacial score (nSPS) is 10.2. The minimum Gasteiger partial charge on any atom is -0.465 e. The summed E-state index contributed by atoms with van der Waals surface area (Å²) in [5.41, 5.74) is 7.14. The van der Waals surface area contributed by atoms with Gasteiger partial charge in [0.1, 0.15) is 0 Å². The number of methoxy groups -OCH3 is 1. The third-order valence-corrected chi connectivity index (χ3v) is 2.19. The fourth-order valence-corrected chi connectivity index (χ4v) is 1.49. The van der Waals surface area contributed by atoms with E-state index in [-0.39, 0.29) is 0 Å². The standard InChI is InChI=1S/C11H10N2O2/c1-15-11(14)10-7-4-2-3-5-9(7)13-6-8(10)12/h2-6H,12H2,1H3. The first kappa shape index (κ1) is 9.45. The van der Waals surface area contributed by atoms with Crippen LogP contribution in [-0.4, -0.2) is 18.1 Å². The quantitative estimate of drug-likeness (QED) is 0.713. The molecule has 4 nitrogen and oxygen atoms in total. The fourth-order valence-electron chi connectivity index (χ4n) is 1.49. The average Bonchev–Trinajstić information content (AvgIpc) is 2.28. The number of para-hydroxylation sites is 1. The van der Waals surface area contributed by atoms with Crippen LogP contribution in [0.3, 0.4) is 0 Å². The van der Waals surface area contributed by atoms with Gasteiger partial charge in [0.15, 0.2) is 0 Å². The van der Waals surface area contributed by atoms with Gasteiger partial charge in [-0.15, -0.1) is 0 Å². The van der Waals surface area contributed by atoms with Crippen LogP contribution < -0.4 is 5.73 Å². The Labute approximate surface area is 86.7 Å². The van der Waals surface area contributed by atoms with Gasteiger partial charge in [0.2, 0.25) is 0 Å². The van der Waals surface area contributed by atoms with Crippen molar-refractivity contribution in [3.63, 3.8) is 0 Å². The molecule has 0 unspecified atom stereocenters. The first-order valence-corrected chi connectivity index (χ1v) is 4.45. The van der Waals surface area contributed by atoms with Gasteiger partial charge in [-0.05, 0) is 6.07 Å². The van der Waals surface area contributed by atoms with E-state index in [9.17, 15) is 4.79 Å². The number of ether oxygens (including phenoxy) is 1. The van der Waals surface area contributed by atoms with Crippen molar-refractivity contribution in [1.29, 1.82) is 0 Å². The smallest absolute Gasteiger partial charge is 0.340 e. The van der Waals surface area contributed by atoms with Crippen molar-refractivity contribution in [3.8, 4) is 0 Å². The molecule has 2 aromatic rings. The Hall–Kier alpha value is -2.10. The second kappa shape index (κ2) is 3.57. The topological polar surface area (TPSA) is 65.2 Å². The number of rotatable bonds is 1. The van der Waals surface area contributed by atoms with Gasteiger partial charge in [0.25, 0.3) is 0 Å². The molecule has 0 aliphatic heterocycles. The summed E-state index contributed by atoms with van der Waals surface area (Å²) in [5.74, 6) is -0.439. The Morgan fingerprint density at radius 1 is 1.40 bits per heavy atom. The van der Waals surface area contributed by atoms with Gasteiger partial charge in [0.05, 0.1) is 30.1 Å². The third kappa shape index (κ3) is 1.50. The summed E-state index contributed by atoms with van der Waals surface area (Å²) < 4.78 is 4.68. The van der Waals surface area contributed by atoms with Gasteiger partial charge in [0, 0.05) is 5.39 Å². The van der Waals surface area contributed by atoms with Crippen molar-refractivity contribution < 1.29 is 9.53 Å². The van der Waals surface area contributed by atoms with Crippen LogP contribution in [0.4, 0.5) is 5.69 Å². The molecule has 0 amide bonds. The van der Waals surface area contributed by atoms with E-state index < -0.39 is 5.97 Å². The zero-order chi connectivity index (χ0) is 10.8. The van der Waals surface area contributed by atoms with Crippen LogP contribution in [0.5, 0.6) is 0 Å². The predicted octanol–water partition coefficient (Wildman–Crippen LogP) is 1.60. The van der Waals surface area contributed by atoms with E-state index in [1.807, 2.05) is 18.2 Å². The molecule has 0 spiro atoms. The van der Waals surface area contributed by atoms with E-state index in [1.165, 1.54) is 13.3 Å². The number of anilines is 1. The van der Waals surface area contributed by atoms with Crippen LogP contribution in [0.15, 0.2) is 30.5 Å². The molecule has 0 bridgehead atoms. The van der Waals surface area contributed by atoms with Crippen molar-refractivity contribution in [2.24, 2.45) is 0 Å². The monoisotopic (exact) mass is 202 g/mol. The summed E-state index contributed by atoms with van der Waals surface area (Å²) in [6, 6.07) is 7.30. The second-order valence-corrected chi connectivity index (χ2v) is 3.10. The number of benzene rings is 1. The number of carbonyl (C=O) groups excluding carboxylic acids is 1. The van der Waals surface area contributed by atoms with Crippen LogP contribution in [0, 0.1) is 0 Å². The van der Waals surface area contributed by atoms with Gasteiger partial charge in [-0.25, -0.2) is 4.79 Å². The van der Waals surface area contributed by atoms with E-state index >= 15 is 0 Å². The summed E-state index contributed by atoms with van der Waals surface area (Å²) in [6.07, 6.45) is 1.47. The highest BCUT2D eigenvalue weighted by atomic mass is 16.5. The highest BCUT2D eigenvalue weighted by molar-refractivity contribution is 6.07. The molecule has 1 heterocycles. The van der Waals surface area contributed by atoms with Crippen LogP contribution in [-0.2, 0) is 4.74 Å². The molecule has 0 aliphatic rings. The molecule has 4 heteroatoms.